The van der Waals surface area contributed by atoms with E-state index in [1.54, 1.807) is 6.92 Å². The first-order valence-electron chi connectivity index (χ1n) is 4.43. The summed E-state index contributed by atoms with van der Waals surface area (Å²) < 4.78 is 43.9. The van der Waals surface area contributed by atoms with Crippen LogP contribution in [0.3, 0.4) is 0 Å². The van der Waals surface area contributed by atoms with Crippen molar-refractivity contribution in [1.82, 2.24) is 0 Å². The Labute approximate surface area is 85.8 Å². The Morgan fingerprint density at radius 3 is 2.40 bits per heavy atom. The number of nitrogens with two attached hydrogens (primary N) is 1. The van der Waals surface area contributed by atoms with Crippen molar-refractivity contribution in [3.63, 3.8) is 0 Å². The highest BCUT2D eigenvalue weighted by atomic mass is 19.2. The van der Waals surface area contributed by atoms with Crippen LogP contribution in [0.5, 0.6) is 5.75 Å². The number of rotatable bonds is 3. The normalized spacial score (nSPS) is 12.7. The molecule has 1 aromatic rings. The summed E-state index contributed by atoms with van der Waals surface area (Å²) >= 11 is 0. The second-order valence-electron chi connectivity index (χ2n) is 3.36. The quantitative estimate of drug-likeness (QED) is 0.789. The summed E-state index contributed by atoms with van der Waals surface area (Å²) in [5.74, 6) is -4.05. The lowest BCUT2D eigenvalue weighted by atomic mass is 10.1. The van der Waals surface area contributed by atoms with Crippen LogP contribution in [-0.4, -0.2) is 13.2 Å². The van der Waals surface area contributed by atoms with Gasteiger partial charge in [-0.15, -0.1) is 0 Å². The second kappa shape index (κ2) is 4.53. The molecule has 1 rings (SSSR count). The smallest absolute Gasteiger partial charge is 0.203 e. The highest BCUT2D eigenvalue weighted by Gasteiger charge is 2.19. The molecule has 0 aromatic heterocycles. The molecule has 0 fully saturated rings. The standard InChI is InChI=1S/C10H12F3NO/c1-5(14)3-6-4-7(11)9(13)10(15-2)8(6)12/h4-5H,3,14H2,1-2H3. The summed E-state index contributed by atoms with van der Waals surface area (Å²) in [5, 5.41) is 0. The van der Waals surface area contributed by atoms with Gasteiger partial charge < -0.3 is 10.5 Å². The van der Waals surface area contributed by atoms with Gasteiger partial charge in [-0.3, -0.25) is 0 Å². The third kappa shape index (κ3) is 2.41. The molecule has 0 aliphatic carbocycles. The summed E-state index contributed by atoms with van der Waals surface area (Å²) in [6.07, 6.45) is 0.124. The molecule has 2 nitrogen and oxygen atoms in total. The van der Waals surface area contributed by atoms with Gasteiger partial charge in [0.2, 0.25) is 5.82 Å². The van der Waals surface area contributed by atoms with Gasteiger partial charge in [0.25, 0.3) is 0 Å². The molecule has 0 heterocycles. The van der Waals surface area contributed by atoms with E-state index in [0.29, 0.717) is 0 Å². The molecular weight excluding hydrogens is 207 g/mol. The molecule has 0 bridgehead atoms. The molecule has 0 radical (unpaired) electrons. The molecule has 0 saturated carbocycles. The molecule has 0 aliphatic rings. The van der Waals surface area contributed by atoms with Crippen LogP contribution >= 0.6 is 0 Å². The van der Waals surface area contributed by atoms with Crippen molar-refractivity contribution in [3.8, 4) is 5.75 Å². The van der Waals surface area contributed by atoms with Crippen LogP contribution in [-0.2, 0) is 6.42 Å². The Morgan fingerprint density at radius 2 is 1.93 bits per heavy atom. The molecule has 1 atom stereocenters. The largest absolute Gasteiger partial charge is 0.491 e. The SMILES string of the molecule is COc1c(F)c(F)cc(CC(C)N)c1F. The molecule has 1 unspecified atom stereocenters. The number of hydrogen-bond acceptors (Lipinski definition) is 2. The molecule has 2 N–H and O–H groups in total. The van der Waals surface area contributed by atoms with Crippen molar-refractivity contribution in [2.45, 2.75) is 19.4 Å². The maximum absolute atomic E-state index is 13.5. The summed E-state index contributed by atoms with van der Waals surface area (Å²) in [6.45, 7) is 1.65. The van der Waals surface area contributed by atoms with Crippen LogP contribution < -0.4 is 10.5 Å². The first kappa shape index (κ1) is 11.8. The molecule has 1 aromatic carbocycles. The van der Waals surface area contributed by atoms with Gasteiger partial charge in [-0.1, -0.05) is 0 Å². The zero-order valence-electron chi connectivity index (χ0n) is 8.48. The number of methoxy groups -OCH3 is 1. The van der Waals surface area contributed by atoms with Gasteiger partial charge in [0, 0.05) is 6.04 Å². The average Bonchev–Trinajstić information content (AvgIpc) is 2.14. The maximum Gasteiger partial charge on any atom is 0.203 e. The molecule has 5 heteroatoms. The molecule has 0 amide bonds. The average molecular weight is 219 g/mol. The van der Waals surface area contributed by atoms with Crippen LogP contribution in [0.15, 0.2) is 6.07 Å². The highest BCUT2D eigenvalue weighted by Crippen LogP contribution is 2.27. The van der Waals surface area contributed by atoms with Crippen LogP contribution in [0.25, 0.3) is 0 Å². The fraction of sp³-hybridized carbons (Fsp3) is 0.400. The van der Waals surface area contributed by atoms with E-state index in [-0.39, 0.29) is 18.0 Å². The zero-order valence-corrected chi connectivity index (χ0v) is 8.48. The topological polar surface area (TPSA) is 35.2 Å². The van der Waals surface area contributed by atoms with E-state index in [2.05, 4.69) is 4.74 Å². The number of ether oxygens (including phenoxy) is 1. The van der Waals surface area contributed by atoms with Gasteiger partial charge in [0.1, 0.15) is 0 Å². The maximum atomic E-state index is 13.5. The van der Waals surface area contributed by atoms with E-state index in [1.807, 2.05) is 0 Å². The Bertz CT molecular complexity index is 366. The van der Waals surface area contributed by atoms with Gasteiger partial charge in [-0.2, -0.15) is 4.39 Å². The Balaban J connectivity index is 3.24. The van der Waals surface area contributed by atoms with Crippen molar-refractivity contribution in [1.29, 1.82) is 0 Å². The van der Waals surface area contributed by atoms with Crippen molar-refractivity contribution in [3.05, 3.63) is 29.1 Å². The minimum atomic E-state index is -1.32. The first-order chi connectivity index (χ1) is 6.97. The van der Waals surface area contributed by atoms with Crippen LogP contribution in [0.2, 0.25) is 0 Å². The second-order valence-corrected chi connectivity index (χ2v) is 3.36. The molecular formula is C10H12F3NO. The van der Waals surface area contributed by atoms with Gasteiger partial charge in [0.05, 0.1) is 7.11 Å². The minimum Gasteiger partial charge on any atom is -0.491 e. The van der Waals surface area contributed by atoms with Gasteiger partial charge in [-0.05, 0) is 25.0 Å². The number of halogens is 3. The molecule has 0 spiro atoms. The summed E-state index contributed by atoms with van der Waals surface area (Å²) in [6, 6.07) is 0.463. The number of benzene rings is 1. The van der Waals surface area contributed by atoms with E-state index in [4.69, 9.17) is 5.73 Å². The molecule has 0 aliphatic heterocycles. The van der Waals surface area contributed by atoms with Crippen LogP contribution in [0.4, 0.5) is 13.2 Å². The predicted octanol–water partition coefficient (Wildman–Crippen LogP) is 2.00. The van der Waals surface area contributed by atoms with Crippen LogP contribution in [0.1, 0.15) is 12.5 Å². The monoisotopic (exact) mass is 219 g/mol. The molecule has 15 heavy (non-hydrogen) atoms. The predicted molar refractivity (Wildman–Crippen MR) is 50.2 cm³/mol. The Morgan fingerprint density at radius 1 is 1.33 bits per heavy atom. The fourth-order valence-electron chi connectivity index (χ4n) is 1.30. The molecule has 84 valence electrons. The van der Waals surface area contributed by atoms with E-state index in [9.17, 15) is 13.2 Å². The lowest BCUT2D eigenvalue weighted by Gasteiger charge is -2.11. The van der Waals surface area contributed by atoms with Gasteiger partial charge in [0.15, 0.2) is 17.4 Å². The molecule has 0 saturated heterocycles. The van der Waals surface area contributed by atoms with Gasteiger partial charge in [-0.25, -0.2) is 8.78 Å². The Hall–Kier alpha value is -1.23. The third-order valence-electron chi connectivity index (χ3n) is 1.94. The lowest BCUT2D eigenvalue weighted by molar-refractivity contribution is 0.343. The van der Waals surface area contributed by atoms with Crippen molar-refractivity contribution in [2.75, 3.05) is 7.11 Å². The van der Waals surface area contributed by atoms with E-state index in [0.717, 1.165) is 13.2 Å². The van der Waals surface area contributed by atoms with E-state index < -0.39 is 23.2 Å². The van der Waals surface area contributed by atoms with Gasteiger partial charge >= 0.3 is 0 Å². The first-order valence-corrected chi connectivity index (χ1v) is 4.43. The zero-order chi connectivity index (χ0) is 11.6. The Kier molecular flexibility index (Phi) is 3.57. The van der Waals surface area contributed by atoms with E-state index in [1.165, 1.54) is 0 Å². The van der Waals surface area contributed by atoms with E-state index >= 15 is 0 Å². The fourth-order valence-corrected chi connectivity index (χ4v) is 1.30. The summed E-state index contributed by atoms with van der Waals surface area (Å²) in [7, 11) is 1.08. The summed E-state index contributed by atoms with van der Waals surface area (Å²) in [4.78, 5) is 0. The number of hydrogen-bond donors (Lipinski definition) is 1. The lowest BCUT2D eigenvalue weighted by Crippen LogP contribution is -2.19. The van der Waals surface area contributed by atoms with Crippen molar-refractivity contribution in [2.24, 2.45) is 5.73 Å². The van der Waals surface area contributed by atoms with Crippen molar-refractivity contribution < 1.29 is 17.9 Å². The van der Waals surface area contributed by atoms with Crippen molar-refractivity contribution >= 4 is 0 Å². The summed E-state index contributed by atoms with van der Waals surface area (Å²) in [5.41, 5.74) is 5.46. The highest BCUT2D eigenvalue weighted by molar-refractivity contribution is 5.34. The minimum absolute atomic E-state index is 0.0146. The van der Waals surface area contributed by atoms with Crippen LogP contribution in [0, 0.1) is 17.5 Å². The third-order valence-corrected chi connectivity index (χ3v) is 1.94.